The summed E-state index contributed by atoms with van der Waals surface area (Å²) in [6.07, 6.45) is 0.874. The zero-order valence-corrected chi connectivity index (χ0v) is 20.5. The molecule has 0 atom stereocenters. The smallest absolute Gasteiger partial charge is 0.336 e. The van der Waals surface area contributed by atoms with Crippen molar-refractivity contribution in [1.82, 2.24) is 4.31 Å². The predicted molar refractivity (Wildman–Crippen MR) is 137 cm³/mol. The number of sulfonamides is 1. The Labute approximate surface area is 205 Å². The Kier molecular flexibility index (Phi) is 7.92. The summed E-state index contributed by atoms with van der Waals surface area (Å²) in [4.78, 5) is 14.9. The van der Waals surface area contributed by atoms with Gasteiger partial charge in [0, 0.05) is 42.5 Å². The number of nitrogens with zero attached hydrogens (tertiary/aromatic N) is 2. The minimum absolute atomic E-state index is 0.0520. The number of thioether (sulfide) groups is 1. The summed E-state index contributed by atoms with van der Waals surface area (Å²) in [5.41, 5.74) is 2.68. The van der Waals surface area contributed by atoms with Crippen LogP contribution in [0.2, 0.25) is 0 Å². The van der Waals surface area contributed by atoms with Crippen LogP contribution in [0.4, 0.5) is 5.69 Å². The standard InChI is InChI=1S/C26H28N2O4S2/c29-26(30)25-19-24(33-18-13-21-7-3-1-4-8-21)12-11-22(25)20-34(31,32)28-16-14-27(15-17-28)23-9-5-2-6-10-23/h1-12,19H,13-18,20H2,(H,29,30). The number of hydrogen-bond acceptors (Lipinski definition) is 5. The average molecular weight is 497 g/mol. The fraction of sp³-hybridized carbons (Fsp3) is 0.269. The lowest BCUT2D eigenvalue weighted by Gasteiger charge is -2.35. The first-order valence-electron chi connectivity index (χ1n) is 11.2. The Morgan fingerprint density at radius 3 is 2.18 bits per heavy atom. The van der Waals surface area contributed by atoms with Crippen LogP contribution in [0.3, 0.4) is 0 Å². The summed E-state index contributed by atoms with van der Waals surface area (Å²) < 4.78 is 27.7. The van der Waals surface area contributed by atoms with E-state index in [1.54, 1.807) is 23.9 Å². The average Bonchev–Trinajstić information content (AvgIpc) is 2.86. The summed E-state index contributed by atoms with van der Waals surface area (Å²) in [5.74, 6) is -0.606. The number of carboxylic acids is 1. The summed E-state index contributed by atoms with van der Waals surface area (Å²) in [6, 6.07) is 25.1. The maximum absolute atomic E-state index is 13.1. The van der Waals surface area contributed by atoms with Crippen LogP contribution >= 0.6 is 11.8 Å². The SMILES string of the molecule is O=C(O)c1cc(SCCc2ccccc2)ccc1CS(=O)(=O)N1CCN(c2ccccc2)CC1. The van der Waals surface area contributed by atoms with E-state index in [-0.39, 0.29) is 11.3 Å². The molecule has 0 amide bonds. The fourth-order valence-corrected chi connectivity index (χ4v) is 6.54. The van der Waals surface area contributed by atoms with Gasteiger partial charge in [-0.15, -0.1) is 11.8 Å². The zero-order valence-electron chi connectivity index (χ0n) is 18.8. The molecule has 0 radical (unpaired) electrons. The molecule has 8 heteroatoms. The first-order chi connectivity index (χ1) is 16.4. The molecule has 3 aromatic rings. The van der Waals surface area contributed by atoms with Gasteiger partial charge in [-0.2, -0.15) is 4.31 Å². The Balaban J connectivity index is 1.39. The molecule has 1 saturated heterocycles. The number of benzene rings is 3. The number of piperazine rings is 1. The molecular formula is C26H28N2O4S2. The second-order valence-corrected chi connectivity index (χ2v) is 11.3. The number of aryl methyl sites for hydroxylation is 1. The maximum atomic E-state index is 13.1. The number of carboxylic acid groups (broad SMARTS) is 1. The van der Waals surface area contributed by atoms with E-state index in [2.05, 4.69) is 17.0 Å². The van der Waals surface area contributed by atoms with Crippen molar-refractivity contribution < 1.29 is 18.3 Å². The van der Waals surface area contributed by atoms with Crippen LogP contribution in [0.25, 0.3) is 0 Å². The highest BCUT2D eigenvalue weighted by Gasteiger charge is 2.28. The van der Waals surface area contributed by atoms with E-state index in [9.17, 15) is 18.3 Å². The quantitative estimate of drug-likeness (QED) is 0.443. The van der Waals surface area contributed by atoms with Crippen molar-refractivity contribution in [2.24, 2.45) is 0 Å². The molecule has 1 N–H and O–H groups in total. The van der Waals surface area contributed by atoms with Crippen LogP contribution in [0, 0.1) is 0 Å². The number of aromatic carboxylic acids is 1. The van der Waals surface area contributed by atoms with Gasteiger partial charge in [0.05, 0.1) is 11.3 Å². The van der Waals surface area contributed by atoms with Crippen molar-refractivity contribution in [3.63, 3.8) is 0 Å². The van der Waals surface area contributed by atoms with Gasteiger partial charge in [-0.05, 0) is 41.8 Å². The van der Waals surface area contributed by atoms with Crippen LogP contribution in [0.15, 0.2) is 83.8 Å². The normalized spacial score (nSPS) is 14.8. The van der Waals surface area contributed by atoms with Crippen LogP contribution in [-0.4, -0.2) is 55.7 Å². The van der Waals surface area contributed by atoms with Gasteiger partial charge in [-0.25, -0.2) is 13.2 Å². The first kappa shape index (κ1) is 24.3. The summed E-state index contributed by atoms with van der Waals surface area (Å²) in [6.45, 7) is 1.97. The van der Waals surface area contributed by atoms with Crippen LogP contribution in [0.1, 0.15) is 21.5 Å². The van der Waals surface area contributed by atoms with Gasteiger partial charge in [0.25, 0.3) is 0 Å². The molecule has 34 heavy (non-hydrogen) atoms. The molecule has 0 aliphatic carbocycles. The molecule has 0 unspecified atom stereocenters. The van der Waals surface area contributed by atoms with E-state index in [0.717, 1.165) is 22.8 Å². The molecule has 1 aliphatic rings. The molecule has 1 fully saturated rings. The third-order valence-electron chi connectivity index (χ3n) is 5.91. The molecule has 0 spiro atoms. The van der Waals surface area contributed by atoms with Crippen molar-refractivity contribution in [2.45, 2.75) is 17.1 Å². The lowest BCUT2D eigenvalue weighted by Crippen LogP contribution is -2.49. The maximum Gasteiger partial charge on any atom is 0.336 e. The topological polar surface area (TPSA) is 77.9 Å². The summed E-state index contributed by atoms with van der Waals surface area (Å²) in [7, 11) is -3.63. The first-order valence-corrected chi connectivity index (χ1v) is 13.8. The van der Waals surface area contributed by atoms with Crippen molar-refractivity contribution >= 4 is 33.4 Å². The molecule has 4 rings (SSSR count). The summed E-state index contributed by atoms with van der Waals surface area (Å²) >= 11 is 1.57. The van der Waals surface area contributed by atoms with Gasteiger partial charge in [0.1, 0.15) is 0 Å². The highest BCUT2D eigenvalue weighted by atomic mass is 32.2. The van der Waals surface area contributed by atoms with E-state index in [0.29, 0.717) is 31.7 Å². The molecule has 0 aromatic heterocycles. The van der Waals surface area contributed by atoms with Gasteiger partial charge in [0.2, 0.25) is 10.0 Å². The van der Waals surface area contributed by atoms with E-state index in [4.69, 9.17) is 0 Å². The molecule has 3 aromatic carbocycles. The van der Waals surface area contributed by atoms with Crippen molar-refractivity contribution in [1.29, 1.82) is 0 Å². The Morgan fingerprint density at radius 2 is 1.53 bits per heavy atom. The molecular weight excluding hydrogens is 468 g/mol. The second kappa shape index (κ2) is 11.1. The van der Waals surface area contributed by atoms with Gasteiger partial charge >= 0.3 is 5.97 Å². The lowest BCUT2D eigenvalue weighted by molar-refractivity contribution is 0.0695. The highest BCUT2D eigenvalue weighted by Crippen LogP contribution is 2.25. The Hall–Kier alpha value is -2.81. The molecule has 1 heterocycles. The monoisotopic (exact) mass is 496 g/mol. The van der Waals surface area contributed by atoms with E-state index >= 15 is 0 Å². The number of para-hydroxylation sites is 1. The molecule has 0 saturated carbocycles. The third kappa shape index (κ3) is 6.20. The number of hydrogen-bond donors (Lipinski definition) is 1. The Bertz CT molecular complexity index is 1210. The van der Waals surface area contributed by atoms with E-state index in [1.807, 2.05) is 54.6 Å². The third-order valence-corrected chi connectivity index (χ3v) is 8.73. The molecule has 1 aliphatic heterocycles. The van der Waals surface area contributed by atoms with Gasteiger partial charge in [0.15, 0.2) is 0 Å². The van der Waals surface area contributed by atoms with Crippen LogP contribution < -0.4 is 4.90 Å². The second-order valence-electron chi connectivity index (χ2n) is 8.19. The number of anilines is 1. The fourth-order valence-electron chi connectivity index (χ4n) is 4.05. The van der Waals surface area contributed by atoms with Gasteiger partial charge in [-0.3, -0.25) is 0 Å². The van der Waals surface area contributed by atoms with Crippen molar-refractivity contribution in [3.8, 4) is 0 Å². The van der Waals surface area contributed by atoms with Gasteiger partial charge in [-0.1, -0.05) is 54.6 Å². The lowest BCUT2D eigenvalue weighted by atomic mass is 10.1. The zero-order chi connectivity index (χ0) is 24.0. The largest absolute Gasteiger partial charge is 0.478 e. The minimum Gasteiger partial charge on any atom is -0.478 e. The Morgan fingerprint density at radius 1 is 0.882 bits per heavy atom. The molecule has 6 nitrogen and oxygen atoms in total. The summed E-state index contributed by atoms with van der Waals surface area (Å²) in [5, 5.41) is 9.74. The van der Waals surface area contributed by atoms with Crippen LogP contribution in [-0.2, 0) is 22.2 Å². The minimum atomic E-state index is -3.63. The van der Waals surface area contributed by atoms with E-state index < -0.39 is 16.0 Å². The van der Waals surface area contributed by atoms with E-state index in [1.165, 1.54) is 9.87 Å². The van der Waals surface area contributed by atoms with Crippen LogP contribution in [0.5, 0.6) is 0 Å². The highest BCUT2D eigenvalue weighted by molar-refractivity contribution is 7.99. The molecule has 0 bridgehead atoms. The van der Waals surface area contributed by atoms with Crippen molar-refractivity contribution in [2.75, 3.05) is 36.8 Å². The van der Waals surface area contributed by atoms with Gasteiger partial charge < -0.3 is 10.0 Å². The number of rotatable bonds is 9. The predicted octanol–water partition coefficient (Wildman–Crippen LogP) is 4.37. The number of carbonyl (C=O) groups is 1. The molecule has 178 valence electrons. The van der Waals surface area contributed by atoms with Crippen molar-refractivity contribution in [3.05, 3.63) is 95.6 Å².